The molecule has 0 aliphatic carbocycles. The number of rotatable bonds is 8. The van der Waals surface area contributed by atoms with E-state index in [-0.39, 0.29) is 5.91 Å². The molecular weight excluding hydrogens is 302 g/mol. The van der Waals surface area contributed by atoms with Crippen molar-refractivity contribution in [3.05, 3.63) is 48.2 Å². The van der Waals surface area contributed by atoms with E-state index in [1.54, 1.807) is 13.3 Å². The summed E-state index contributed by atoms with van der Waals surface area (Å²) in [7, 11) is 1.68. The zero-order valence-corrected chi connectivity index (χ0v) is 14.5. The molecule has 24 heavy (non-hydrogen) atoms. The van der Waals surface area contributed by atoms with Gasteiger partial charge in [0.25, 0.3) is 0 Å². The minimum absolute atomic E-state index is 0.00520. The molecule has 1 aromatic heterocycles. The van der Waals surface area contributed by atoms with Crippen LogP contribution in [0, 0.1) is 5.92 Å². The Hall–Kier alpha value is -2.56. The van der Waals surface area contributed by atoms with Gasteiger partial charge in [-0.1, -0.05) is 32.0 Å². The summed E-state index contributed by atoms with van der Waals surface area (Å²) in [5.41, 5.74) is 2.09. The van der Waals surface area contributed by atoms with Crippen molar-refractivity contribution in [3.8, 4) is 5.75 Å². The molecule has 5 nitrogen and oxygen atoms in total. The highest BCUT2D eigenvalue weighted by Crippen LogP contribution is 2.18. The van der Waals surface area contributed by atoms with E-state index >= 15 is 0 Å². The first-order valence-electron chi connectivity index (χ1n) is 8.20. The lowest BCUT2D eigenvalue weighted by atomic mass is 10.1. The molecule has 0 aliphatic heterocycles. The molecule has 2 N–H and O–H groups in total. The van der Waals surface area contributed by atoms with Crippen LogP contribution in [0.1, 0.15) is 25.8 Å². The maximum absolute atomic E-state index is 11.7. The molecule has 0 unspecified atom stereocenters. The van der Waals surface area contributed by atoms with Crippen molar-refractivity contribution < 1.29 is 9.53 Å². The summed E-state index contributed by atoms with van der Waals surface area (Å²) in [4.78, 5) is 16.0. The summed E-state index contributed by atoms with van der Waals surface area (Å²) in [5, 5.41) is 6.13. The number of amides is 1. The van der Waals surface area contributed by atoms with Crippen LogP contribution in [0.2, 0.25) is 0 Å². The van der Waals surface area contributed by atoms with Crippen LogP contribution >= 0.6 is 0 Å². The first-order valence-corrected chi connectivity index (χ1v) is 8.20. The first kappa shape index (κ1) is 17.8. The number of ether oxygens (including phenoxy) is 1. The molecule has 1 heterocycles. The van der Waals surface area contributed by atoms with Crippen LogP contribution in [0.4, 0.5) is 11.5 Å². The fourth-order valence-corrected chi connectivity index (χ4v) is 2.39. The molecule has 0 saturated carbocycles. The van der Waals surface area contributed by atoms with Gasteiger partial charge in [0.1, 0.15) is 11.6 Å². The molecule has 2 aromatic rings. The lowest BCUT2D eigenvalue weighted by molar-refractivity contribution is -0.116. The average molecular weight is 327 g/mol. The molecule has 0 spiro atoms. The molecule has 1 amide bonds. The molecule has 1 aromatic carbocycles. The molecule has 0 radical (unpaired) electrons. The monoisotopic (exact) mass is 327 g/mol. The standard InChI is InChI=1S/C19H25N3O2/c1-14(2)12-19(23)22-18-9-8-16(13-21-18)20-11-10-15-6-4-5-7-17(15)24-3/h4-9,13-14,20H,10-12H2,1-3H3,(H,21,22,23). The lowest BCUT2D eigenvalue weighted by Crippen LogP contribution is -2.14. The lowest BCUT2D eigenvalue weighted by Gasteiger charge is -2.10. The number of aromatic nitrogens is 1. The van der Waals surface area contributed by atoms with Crippen LogP contribution in [0.3, 0.4) is 0 Å². The van der Waals surface area contributed by atoms with Gasteiger partial charge in [-0.05, 0) is 36.1 Å². The second kappa shape index (κ2) is 8.91. The Bertz CT molecular complexity index is 654. The summed E-state index contributed by atoms with van der Waals surface area (Å²) in [6.45, 7) is 4.81. The second-order valence-electron chi connectivity index (χ2n) is 6.07. The van der Waals surface area contributed by atoms with E-state index in [9.17, 15) is 4.79 Å². The number of carbonyl (C=O) groups excluding carboxylic acids is 1. The van der Waals surface area contributed by atoms with Gasteiger partial charge in [0.05, 0.1) is 19.0 Å². The number of benzene rings is 1. The molecule has 0 saturated heterocycles. The predicted molar refractivity (Wildman–Crippen MR) is 97.5 cm³/mol. The van der Waals surface area contributed by atoms with E-state index in [2.05, 4.69) is 21.7 Å². The minimum Gasteiger partial charge on any atom is -0.496 e. The topological polar surface area (TPSA) is 63.2 Å². The number of carbonyl (C=O) groups is 1. The van der Waals surface area contributed by atoms with Crippen LogP contribution in [0.25, 0.3) is 0 Å². The van der Waals surface area contributed by atoms with Gasteiger partial charge in [0.15, 0.2) is 0 Å². The van der Waals surface area contributed by atoms with Crippen LogP contribution in [0.5, 0.6) is 5.75 Å². The van der Waals surface area contributed by atoms with Gasteiger partial charge in [-0.25, -0.2) is 4.98 Å². The van der Waals surface area contributed by atoms with Gasteiger partial charge in [-0.2, -0.15) is 0 Å². The summed E-state index contributed by atoms with van der Waals surface area (Å²) in [6.07, 6.45) is 3.09. The van der Waals surface area contributed by atoms with Crippen LogP contribution in [-0.4, -0.2) is 24.5 Å². The van der Waals surface area contributed by atoms with Gasteiger partial charge in [0.2, 0.25) is 5.91 Å². The SMILES string of the molecule is COc1ccccc1CCNc1ccc(NC(=O)CC(C)C)nc1. The summed E-state index contributed by atoms with van der Waals surface area (Å²) < 4.78 is 5.35. The fourth-order valence-electron chi connectivity index (χ4n) is 2.39. The molecule has 0 bridgehead atoms. The Morgan fingerprint density at radius 2 is 2.00 bits per heavy atom. The summed E-state index contributed by atoms with van der Waals surface area (Å²) >= 11 is 0. The number of anilines is 2. The fraction of sp³-hybridized carbons (Fsp3) is 0.368. The number of nitrogens with zero attached hydrogens (tertiary/aromatic N) is 1. The smallest absolute Gasteiger partial charge is 0.225 e. The van der Waals surface area contributed by atoms with E-state index < -0.39 is 0 Å². The van der Waals surface area contributed by atoms with Crippen molar-refractivity contribution in [3.63, 3.8) is 0 Å². The third kappa shape index (κ3) is 5.57. The summed E-state index contributed by atoms with van der Waals surface area (Å²) in [6, 6.07) is 11.7. The minimum atomic E-state index is -0.00520. The van der Waals surface area contributed by atoms with Gasteiger partial charge < -0.3 is 15.4 Å². The van der Waals surface area contributed by atoms with E-state index in [1.807, 2.05) is 44.2 Å². The van der Waals surface area contributed by atoms with Crippen LogP contribution < -0.4 is 15.4 Å². The largest absolute Gasteiger partial charge is 0.496 e. The number of hydrogen-bond donors (Lipinski definition) is 2. The maximum atomic E-state index is 11.7. The molecule has 2 rings (SSSR count). The Kier molecular flexibility index (Phi) is 6.61. The highest BCUT2D eigenvalue weighted by Gasteiger charge is 2.06. The Balaban J connectivity index is 1.82. The highest BCUT2D eigenvalue weighted by molar-refractivity contribution is 5.89. The van der Waals surface area contributed by atoms with E-state index in [1.165, 1.54) is 0 Å². The molecule has 0 atom stereocenters. The highest BCUT2D eigenvalue weighted by atomic mass is 16.5. The predicted octanol–water partition coefficient (Wildman–Crippen LogP) is 3.73. The first-order chi connectivity index (χ1) is 11.6. The maximum Gasteiger partial charge on any atom is 0.225 e. The van der Waals surface area contributed by atoms with Gasteiger partial charge in [0, 0.05) is 13.0 Å². The number of para-hydroxylation sites is 1. The van der Waals surface area contributed by atoms with Gasteiger partial charge in [-0.3, -0.25) is 4.79 Å². The second-order valence-corrected chi connectivity index (χ2v) is 6.07. The van der Waals surface area contributed by atoms with E-state index in [0.29, 0.717) is 18.2 Å². The van der Waals surface area contributed by atoms with Crippen LogP contribution in [0.15, 0.2) is 42.6 Å². The third-order valence-corrected chi connectivity index (χ3v) is 3.54. The molecule has 0 aliphatic rings. The van der Waals surface area contributed by atoms with Crippen molar-refractivity contribution in [1.82, 2.24) is 4.98 Å². The van der Waals surface area contributed by atoms with Crippen molar-refractivity contribution in [2.24, 2.45) is 5.92 Å². The molecule has 0 fully saturated rings. The van der Waals surface area contributed by atoms with E-state index in [0.717, 1.165) is 30.0 Å². The Morgan fingerprint density at radius 1 is 1.21 bits per heavy atom. The van der Waals surface area contributed by atoms with Crippen molar-refractivity contribution in [2.75, 3.05) is 24.3 Å². The Labute approximate surface area is 143 Å². The van der Waals surface area contributed by atoms with Crippen molar-refractivity contribution in [2.45, 2.75) is 26.7 Å². The number of hydrogen-bond acceptors (Lipinski definition) is 4. The number of nitrogens with one attached hydrogen (secondary N) is 2. The zero-order chi connectivity index (χ0) is 17.4. The summed E-state index contributed by atoms with van der Waals surface area (Å²) in [5.74, 6) is 1.81. The molecule has 5 heteroatoms. The zero-order valence-electron chi connectivity index (χ0n) is 14.5. The van der Waals surface area contributed by atoms with Crippen LogP contribution in [-0.2, 0) is 11.2 Å². The third-order valence-electron chi connectivity index (χ3n) is 3.54. The normalized spacial score (nSPS) is 10.5. The number of pyridine rings is 1. The quantitative estimate of drug-likeness (QED) is 0.775. The van der Waals surface area contributed by atoms with Gasteiger partial charge in [-0.15, -0.1) is 0 Å². The van der Waals surface area contributed by atoms with Gasteiger partial charge >= 0.3 is 0 Å². The van der Waals surface area contributed by atoms with E-state index in [4.69, 9.17) is 4.74 Å². The Morgan fingerprint density at radius 3 is 2.67 bits per heavy atom. The molecule has 128 valence electrons. The average Bonchev–Trinajstić information content (AvgIpc) is 2.56. The number of methoxy groups -OCH3 is 1. The molecular formula is C19H25N3O2. The van der Waals surface area contributed by atoms with Crippen molar-refractivity contribution in [1.29, 1.82) is 0 Å². The van der Waals surface area contributed by atoms with Crippen molar-refractivity contribution >= 4 is 17.4 Å².